The van der Waals surface area contributed by atoms with Gasteiger partial charge in [0.15, 0.2) is 0 Å². The maximum Gasteiger partial charge on any atom is 0.123 e. The molecule has 4 heteroatoms. The van der Waals surface area contributed by atoms with Crippen LogP contribution in [-0.4, -0.2) is 40.1 Å². The molecule has 0 aliphatic rings. The Morgan fingerprint density at radius 3 is 2.52 bits per heavy atom. The van der Waals surface area contributed by atoms with E-state index in [1.807, 2.05) is 13.1 Å². The molecule has 0 aliphatic heterocycles. The van der Waals surface area contributed by atoms with Crippen molar-refractivity contribution in [2.45, 2.75) is 38.8 Å². The SMILES string of the molecule is CNC(COCCC(C)(C)OC)c1cc(C)ccc1OC. The number of rotatable bonds is 9. The van der Waals surface area contributed by atoms with Crippen molar-refractivity contribution in [2.24, 2.45) is 0 Å². The van der Waals surface area contributed by atoms with Crippen LogP contribution in [0.2, 0.25) is 0 Å². The molecule has 0 fully saturated rings. The van der Waals surface area contributed by atoms with Gasteiger partial charge in [0.25, 0.3) is 0 Å². The zero-order chi connectivity index (χ0) is 15.9. The van der Waals surface area contributed by atoms with Crippen LogP contribution in [0.3, 0.4) is 0 Å². The lowest BCUT2D eigenvalue weighted by molar-refractivity contribution is -0.0122. The van der Waals surface area contributed by atoms with Crippen LogP contribution >= 0.6 is 0 Å². The molecule has 0 bridgehead atoms. The summed E-state index contributed by atoms with van der Waals surface area (Å²) in [5.74, 6) is 0.890. The van der Waals surface area contributed by atoms with E-state index in [1.165, 1.54) is 5.56 Å². The molecule has 1 unspecified atom stereocenters. The Morgan fingerprint density at radius 1 is 1.24 bits per heavy atom. The highest BCUT2D eigenvalue weighted by atomic mass is 16.5. The fourth-order valence-electron chi connectivity index (χ4n) is 2.08. The van der Waals surface area contributed by atoms with E-state index in [4.69, 9.17) is 14.2 Å². The molecule has 0 aliphatic carbocycles. The predicted octanol–water partition coefficient (Wildman–Crippen LogP) is 3.10. The molecule has 1 rings (SSSR count). The van der Waals surface area contributed by atoms with Crippen molar-refractivity contribution in [3.63, 3.8) is 0 Å². The molecule has 1 atom stereocenters. The summed E-state index contributed by atoms with van der Waals surface area (Å²) in [6, 6.07) is 6.31. The van der Waals surface area contributed by atoms with Gasteiger partial charge < -0.3 is 19.5 Å². The van der Waals surface area contributed by atoms with Crippen molar-refractivity contribution in [2.75, 3.05) is 34.5 Å². The number of benzene rings is 1. The normalized spacial score (nSPS) is 13.2. The Morgan fingerprint density at radius 2 is 1.95 bits per heavy atom. The lowest BCUT2D eigenvalue weighted by Gasteiger charge is -2.24. The molecular formula is C17H29NO3. The van der Waals surface area contributed by atoms with Crippen LogP contribution in [0.15, 0.2) is 18.2 Å². The molecule has 0 heterocycles. The van der Waals surface area contributed by atoms with E-state index in [-0.39, 0.29) is 11.6 Å². The van der Waals surface area contributed by atoms with Crippen LogP contribution in [-0.2, 0) is 9.47 Å². The Hall–Kier alpha value is -1.10. The quantitative estimate of drug-likeness (QED) is 0.711. The summed E-state index contributed by atoms with van der Waals surface area (Å²) >= 11 is 0. The standard InChI is InChI=1S/C17H29NO3/c1-13-7-8-16(19-5)14(11-13)15(18-4)12-21-10-9-17(2,3)20-6/h7-8,11,15,18H,9-10,12H2,1-6H3. The van der Waals surface area contributed by atoms with Gasteiger partial charge in [-0.15, -0.1) is 0 Å². The lowest BCUT2D eigenvalue weighted by Crippen LogP contribution is -2.27. The summed E-state index contributed by atoms with van der Waals surface area (Å²) in [5.41, 5.74) is 2.20. The minimum atomic E-state index is -0.143. The highest BCUT2D eigenvalue weighted by Gasteiger charge is 2.18. The summed E-state index contributed by atoms with van der Waals surface area (Å²) < 4.78 is 16.7. The molecular weight excluding hydrogens is 266 g/mol. The number of ether oxygens (including phenoxy) is 3. The van der Waals surface area contributed by atoms with Crippen LogP contribution in [0.25, 0.3) is 0 Å². The van der Waals surface area contributed by atoms with E-state index in [2.05, 4.69) is 38.2 Å². The number of methoxy groups -OCH3 is 2. The van der Waals surface area contributed by atoms with Gasteiger partial charge in [-0.2, -0.15) is 0 Å². The third-order valence-electron chi connectivity index (χ3n) is 3.79. The molecule has 120 valence electrons. The number of hydrogen-bond acceptors (Lipinski definition) is 4. The van der Waals surface area contributed by atoms with Crippen molar-refractivity contribution >= 4 is 0 Å². The average Bonchev–Trinajstić information content (AvgIpc) is 2.47. The fraction of sp³-hybridized carbons (Fsp3) is 0.647. The zero-order valence-electron chi connectivity index (χ0n) is 14.2. The first-order valence-electron chi connectivity index (χ1n) is 7.38. The average molecular weight is 295 g/mol. The summed E-state index contributed by atoms with van der Waals surface area (Å²) in [5, 5.41) is 3.30. The maximum atomic E-state index is 5.82. The van der Waals surface area contributed by atoms with Crippen LogP contribution in [0.4, 0.5) is 0 Å². The Labute approximate surface area is 128 Å². The number of likely N-dealkylation sites (N-methyl/N-ethyl adjacent to an activating group) is 1. The van der Waals surface area contributed by atoms with Gasteiger partial charge in [0.2, 0.25) is 0 Å². The molecule has 0 amide bonds. The first kappa shape index (κ1) is 18.0. The van der Waals surface area contributed by atoms with Gasteiger partial charge in [0.05, 0.1) is 25.4 Å². The summed E-state index contributed by atoms with van der Waals surface area (Å²) in [6.07, 6.45) is 0.866. The smallest absolute Gasteiger partial charge is 0.123 e. The largest absolute Gasteiger partial charge is 0.496 e. The minimum Gasteiger partial charge on any atom is -0.496 e. The minimum absolute atomic E-state index is 0.116. The molecule has 21 heavy (non-hydrogen) atoms. The number of nitrogens with one attached hydrogen (secondary N) is 1. The molecule has 1 N–H and O–H groups in total. The number of hydrogen-bond donors (Lipinski definition) is 1. The second kappa shape index (κ2) is 8.37. The molecule has 1 aromatic rings. The second-order valence-electron chi connectivity index (χ2n) is 5.88. The van der Waals surface area contributed by atoms with E-state index in [0.717, 1.165) is 17.7 Å². The highest BCUT2D eigenvalue weighted by Crippen LogP contribution is 2.26. The molecule has 0 saturated carbocycles. The fourth-order valence-corrected chi connectivity index (χ4v) is 2.08. The van der Waals surface area contributed by atoms with E-state index >= 15 is 0 Å². The lowest BCUT2D eigenvalue weighted by atomic mass is 10.0. The van der Waals surface area contributed by atoms with Gasteiger partial charge in [0.1, 0.15) is 5.75 Å². The van der Waals surface area contributed by atoms with Gasteiger partial charge in [-0.3, -0.25) is 0 Å². The Balaban J connectivity index is 2.61. The van der Waals surface area contributed by atoms with Crippen molar-refractivity contribution in [1.82, 2.24) is 5.32 Å². The summed E-state index contributed by atoms with van der Waals surface area (Å²) in [7, 11) is 5.37. The van der Waals surface area contributed by atoms with Gasteiger partial charge in [-0.05, 0) is 40.3 Å². The highest BCUT2D eigenvalue weighted by molar-refractivity contribution is 5.39. The van der Waals surface area contributed by atoms with Gasteiger partial charge in [-0.1, -0.05) is 17.7 Å². The molecule has 0 spiro atoms. The topological polar surface area (TPSA) is 39.7 Å². The molecule has 0 radical (unpaired) electrons. The van der Waals surface area contributed by atoms with E-state index < -0.39 is 0 Å². The Bertz CT molecular complexity index is 432. The monoisotopic (exact) mass is 295 g/mol. The van der Waals surface area contributed by atoms with Gasteiger partial charge in [0, 0.05) is 19.3 Å². The van der Waals surface area contributed by atoms with E-state index in [1.54, 1.807) is 14.2 Å². The molecule has 1 aromatic carbocycles. The third-order valence-corrected chi connectivity index (χ3v) is 3.79. The summed E-state index contributed by atoms with van der Waals surface area (Å²) in [6.45, 7) is 7.49. The van der Waals surface area contributed by atoms with E-state index in [0.29, 0.717) is 13.2 Å². The molecule has 0 saturated heterocycles. The van der Waals surface area contributed by atoms with E-state index in [9.17, 15) is 0 Å². The van der Waals surface area contributed by atoms with Gasteiger partial charge in [-0.25, -0.2) is 0 Å². The van der Waals surface area contributed by atoms with Gasteiger partial charge >= 0.3 is 0 Å². The summed E-state index contributed by atoms with van der Waals surface area (Å²) in [4.78, 5) is 0. The van der Waals surface area contributed by atoms with Crippen LogP contribution < -0.4 is 10.1 Å². The predicted molar refractivity (Wildman–Crippen MR) is 86.1 cm³/mol. The second-order valence-corrected chi connectivity index (χ2v) is 5.88. The Kier molecular flexibility index (Phi) is 7.15. The number of aryl methyl sites for hydroxylation is 1. The third kappa shape index (κ3) is 5.65. The van der Waals surface area contributed by atoms with Crippen molar-refractivity contribution in [3.8, 4) is 5.75 Å². The maximum absolute atomic E-state index is 5.82. The van der Waals surface area contributed by atoms with Crippen molar-refractivity contribution < 1.29 is 14.2 Å². The zero-order valence-corrected chi connectivity index (χ0v) is 14.2. The first-order valence-corrected chi connectivity index (χ1v) is 7.38. The van der Waals surface area contributed by atoms with Crippen LogP contribution in [0.1, 0.15) is 37.4 Å². The van der Waals surface area contributed by atoms with Crippen LogP contribution in [0.5, 0.6) is 5.75 Å². The van der Waals surface area contributed by atoms with Crippen molar-refractivity contribution in [1.29, 1.82) is 0 Å². The molecule has 4 nitrogen and oxygen atoms in total. The molecule has 0 aromatic heterocycles. The van der Waals surface area contributed by atoms with Crippen LogP contribution in [0, 0.1) is 6.92 Å². The first-order chi connectivity index (χ1) is 9.93. The van der Waals surface area contributed by atoms with Crippen molar-refractivity contribution in [3.05, 3.63) is 29.3 Å².